The summed E-state index contributed by atoms with van der Waals surface area (Å²) >= 11 is 0. The third-order valence-electron chi connectivity index (χ3n) is 8.15. The summed E-state index contributed by atoms with van der Waals surface area (Å²) < 4.78 is 20.4. The molecule has 2 saturated heterocycles. The largest absolute Gasteiger partial charge is 0.488 e. The van der Waals surface area contributed by atoms with Gasteiger partial charge in [0.1, 0.15) is 11.6 Å². The molecule has 1 aromatic rings. The van der Waals surface area contributed by atoms with Crippen molar-refractivity contribution in [1.29, 1.82) is 0 Å². The molecule has 0 spiro atoms. The zero-order chi connectivity index (χ0) is 24.4. The van der Waals surface area contributed by atoms with Crippen molar-refractivity contribution in [2.75, 3.05) is 44.7 Å². The second kappa shape index (κ2) is 12.1. The maximum Gasteiger partial charge on any atom is 0.231 e. The number of carbonyl (C=O) groups excluding carboxylic acids is 2. The molecule has 9 heteroatoms. The molecule has 2 saturated carbocycles. The molecule has 4 aliphatic rings. The van der Waals surface area contributed by atoms with E-state index in [0.717, 1.165) is 82.7 Å². The lowest BCUT2D eigenvalue weighted by molar-refractivity contribution is -0.145. The highest BCUT2D eigenvalue weighted by Gasteiger charge is 2.41. The number of hydrogen-bond acceptors (Lipinski definition) is 6. The molecule has 2 amide bonds. The van der Waals surface area contributed by atoms with Crippen molar-refractivity contribution in [3.8, 4) is 5.75 Å². The van der Waals surface area contributed by atoms with Gasteiger partial charge in [0.05, 0.1) is 18.0 Å². The Morgan fingerprint density at radius 1 is 1.03 bits per heavy atom. The number of amides is 2. The second-order valence-electron chi connectivity index (χ2n) is 10.6. The number of imide groups is 1. The van der Waals surface area contributed by atoms with Crippen LogP contribution in [0.5, 0.6) is 5.75 Å². The smallest absolute Gasteiger partial charge is 0.231 e. The minimum Gasteiger partial charge on any atom is -0.488 e. The molecule has 2 aliphatic carbocycles. The Bertz CT molecular complexity index is 900. The number of carbonyl (C=O) groups is 2. The van der Waals surface area contributed by atoms with E-state index in [1.807, 2.05) is 0 Å². The van der Waals surface area contributed by atoms with E-state index >= 15 is 0 Å². The zero-order valence-corrected chi connectivity index (χ0v) is 22.2. The number of anilines is 1. The Hall–Kier alpha value is -1.90. The quantitative estimate of drug-likeness (QED) is 0.432. The minimum absolute atomic E-state index is 0. The monoisotopic (exact) mass is 522 g/mol. The van der Waals surface area contributed by atoms with Crippen molar-refractivity contribution >= 4 is 29.9 Å². The molecule has 1 aromatic carbocycles. The van der Waals surface area contributed by atoms with Crippen LogP contribution in [0.3, 0.4) is 0 Å². The van der Waals surface area contributed by atoms with Crippen LogP contribution < -0.4 is 9.64 Å². The molecule has 7 nitrogen and oxygen atoms in total. The van der Waals surface area contributed by atoms with Gasteiger partial charge in [0.25, 0.3) is 0 Å². The maximum absolute atomic E-state index is 14.1. The van der Waals surface area contributed by atoms with Crippen molar-refractivity contribution in [2.24, 2.45) is 0 Å². The van der Waals surface area contributed by atoms with Crippen molar-refractivity contribution in [1.82, 2.24) is 14.7 Å². The number of nitrogens with zero attached hydrogens (tertiary/aromatic N) is 4. The summed E-state index contributed by atoms with van der Waals surface area (Å²) in [5.41, 5.74) is 0.869. The van der Waals surface area contributed by atoms with Crippen LogP contribution in [-0.4, -0.2) is 84.6 Å². The summed E-state index contributed by atoms with van der Waals surface area (Å²) in [4.78, 5) is 33.3. The van der Waals surface area contributed by atoms with Crippen LogP contribution in [0.4, 0.5) is 10.1 Å². The first-order valence-electron chi connectivity index (χ1n) is 13.5. The Labute approximate surface area is 220 Å². The SMILES string of the molecule is CN(C1CC1)C(CCCN1CCN(c2cc(F)ccc2OC2CCCC2)CC1)N1C(=O)CCC1=O.Cl. The maximum atomic E-state index is 14.1. The summed E-state index contributed by atoms with van der Waals surface area (Å²) in [6, 6.07) is 5.39. The van der Waals surface area contributed by atoms with Gasteiger partial charge < -0.3 is 9.64 Å². The molecular formula is C27H40ClFN4O3. The number of rotatable bonds is 10. The lowest BCUT2D eigenvalue weighted by Gasteiger charge is -2.38. The molecule has 0 aromatic heterocycles. The average molecular weight is 523 g/mol. The van der Waals surface area contributed by atoms with Crippen LogP contribution in [0, 0.1) is 5.82 Å². The van der Waals surface area contributed by atoms with Crippen LogP contribution in [-0.2, 0) is 9.59 Å². The zero-order valence-electron chi connectivity index (χ0n) is 21.4. The Balaban J connectivity index is 0.00000304. The third-order valence-corrected chi connectivity index (χ3v) is 8.15. The van der Waals surface area contributed by atoms with Crippen molar-refractivity contribution < 1.29 is 18.7 Å². The van der Waals surface area contributed by atoms with Gasteiger partial charge in [0.2, 0.25) is 11.8 Å². The van der Waals surface area contributed by atoms with Crippen LogP contribution in [0.15, 0.2) is 18.2 Å². The summed E-state index contributed by atoms with van der Waals surface area (Å²) in [5, 5.41) is 0. The lowest BCUT2D eigenvalue weighted by Crippen LogP contribution is -2.51. The van der Waals surface area contributed by atoms with Crippen LogP contribution in [0.25, 0.3) is 0 Å². The molecule has 1 atom stereocenters. The summed E-state index contributed by atoms with van der Waals surface area (Å²) in [6.07, 6.45) is 9.45. The van der Waals surface area contributed by atoms with E-state index in [-0.39, 0.29) is 42.3 Å². The highest BCUT2D eigenvalue weighted by molar-refractivity contribution is 6.02. The highest BCUT2D eigenvalue weighted by atomic mass is 35.5. The molecule has 36 heavy (non-hydrogen) atoms. The molecule has 2 aliphatic heterocycles. The highest BCUT2D eigenvalue weighted by Crippen LogP contribution is 2.34. The fraction of sp³-hybridized carbons (Fsp3) is 0.704. The lowest BCUT2D eigenvalue weighted by atomic mass is 10.1. The first-order chi connectivity index (χ1) is 17.0. The number of hydrogen-bond donors (Lipinski definition) is 0. The van der Waals surface area contributed by atoms with Gasteiger partial charge in [0, 0.05) is 51.1 Å². The van der Waals surface area contributed by atoms with E-state index < -0.39 is 0 Å². The predicted octanol–water partition coefficient (Wildman–Crippen LogP) is 4.04. The molecule has 4 fully saturated rings. The Morgan fingerprint density at radius 3 is 2.33 bits per heavy atom. The predicted molar refractivity (Wildman–Crippen MR) is 140 cm³/mol. The van der Waals surface area contributed by atoms with Gasteiger partial charge >= 0.3 is 0 Å². The number of benzene rings is 1. The average Bonchev–Trinajstić information content (AvgIpc) is 3.49. The van der Waals surface area contributed by atoms with Crippen molar-refractivity contribution in [3.05, 3.63) is 24.0 Å². The summed E-state index contributed by atoms with van der Waals surface area (Å²) in [7, 11) is 2.06. The molecule has 0 radical (unpaired) electrons. The first-order valence-corrected chi connectivity index (χ1v) is 13.5. The van der Waals surface area contributed by atoms with E-state index in [1.54, 1.807) is 12.1 Å². The van der Waals surface area contributed by atoms with Crippen molar-refractivity contribution in [3.63, 3.8) is 0 Å². The number of halogens is 2. The van der Waals surface area contributed by atoms with Gasteiger partial charge in [-0.25, -0.2) is 4.39 Å². The molecular weight excluding hydrogens is 483 g/mol. The molecule has 200 valence electrons. The van der Waals surface area contributed by atoms with E-state index in [2.05, 4.69) is 21.7 Å². The van der Waals surface area contributed by atoms with Gasteiger partial charge in [-0.2, -0.15) is 0 Å². The van der Waals surface area contributed by atoms with E-state index in [0.29, 0.717) is 18.9 Å². The number of likely N-dealkylation sites (tertiary alicyclic amines) is 1. The van der Waals surface area contributed by atoms with Crippen LogP contribution in [0.1, 0.15) is 64.2 Å². The second-order valence-corrected chi connectivity index (χ2v) is 10.6. The normalized spacial score (nSPS) is 22.4. The Morgan fingerprint density at radius 2 is 1.69 bits per heavy atom. The minimum atomic E-state index is -0.224. The van der Waals surface area contributed by atoms with Crippen LogP contribution >= 0.6 is 12.4 Å². The fourth-order valence-corrected chi connectivity index (χ4v) is 5.90. The standard InChI is InChI=1S/C27H39FN4O3.ClH/c1-29(21-9-10-21)25(32-26(33)12-13-27(32)34)7-4-14-30-15-17-31(18-16-30)23-19-20(28)8-11-24(23)35-22-5-2-3-6-22;/h8,11,19,21-22,25H,2-7,9-10,12-18H2,1H3;1H. The van der Waals surface area contributed by atoms with Gasteiger partial charge in [0.15, 0.2) is 0 Å². The van der Waals surface area contributed by atoms with Crippen molar-refractivity contribution in [2.45, 2.75) is 82.5 Å². The van der Waals surface area contributed by atoms with Crippen LogP contribution in [0.2, 0.25) is 0 Å². The first kappa shape index (κ1) is 27.1. The Kier molecular flexibility index (Phi) is 9.12. The molecule has 5 rings (SSSR count). The molecule has 0 N–H and O–H groups in total. The fourth-order valence-electron chi connectivity index (χ4n) is 5.90. The van der Waals surface area contributed by atoms with Gasteiger partial charge in [-0.1, -0.05) is 0 Å². The summed E-state index contributed by atoms with van der Waals surface area (Å²) in [5.74, 6) is 0.536. The number of ether oxygens (including phenoxy) is 1. The third kappa shape index (κ3) is 6.32. The number of piperazine rings is 1. The summed E-state index contributed by atoms with van der Waals surface area (Å²) in [6.45, 7) is 4.42. The van der Waals surface area contributed by atoms with E-state index in [1.165, 1.54) is 23.8 Å². The van der Waals surface area contributed by atoms with Gasteiger partial charge in [-0.15, -0.1) is 12.4 Å². The molecule has 0 bridgehead atoms. The van der Waals surface area contributed by atoms with E-state index in [4.69, 9.17) is 4.74 Å². The topological polar surface area (TPSA) is 56.3 Å². The van der Waals surface area contributed by atoms with Gasteiger partial charge in [-0.05, 0) is 77.1 Å². The molecule has 2 heterocycles. The van der Waals surface area contributed by atoms with Gasteiger partial charge in [-0.3, -0.25) is 24.3 Å². The molecule has 1 unspecified atom stereocenters. The van der Waals surface area contributed by atoms with E-state index in [9.17, 15) is 14.0 Å².